The van der Waals surface area contributed by atoms with Gasteiger partial charge >= 0.3 is 0 Å². The molecule has 0 spiro atoms. The van der Waals surface area contributed by atoms with Crippen molar-refractivity contribution in [3.8, 4) is 0 Å². The highest BCUT2D eigenvalue weighted by molar-refractivity contribution is 7.99. The Labute approximate surface area is 137 Å². The van der Waals surface area contributed by atoms with Crippen molar-refractivity contribution in [3.63, 3.8) is 0 Å². The minimum Gasteiger partial charge on any atom is -0.304 e. The molecule has 4 heteroatoms. The van der Waals surface area contributed by atoms with E-state index in [4.69, 9.17) is 4.98 Å². The summed E-state index contributed by atoms with van der Waals surface area (Å²) in [5, 5.41) is 5.30. The van der Waals surface area contributed by atoms with Crippen LogP contribution >= 0.6 is 23.1 Å². The zero-order valence-electron chi connectivity index (χ0n) is 13.6. The van der Waals surface area contributed by atoms with E-state index in [1.807, 2.05) is 11.3 Å². The number of nitrogens with one attached hydrogen (secondary N) is 1. The van der Waals surface area contributed by atoms with Gasteiger partial charge in [0.25, 0.3) is 0 Å². The van der Waals surface area contributed by atoms with E-state index in [2.05, 4.69) is 37.8 Å². The SMILES string of the molecule is CCCNC1(c2nc3c(s2)CCCC3)CSCCC1(C)C. The molecule has 21 heavy (non-hydrogen) atoms. The quantitative estimate of drug-likeness (QED) is 0.889. The molecule has 1 N–H and O–H groups in total. The Bertz CT molecular complexity index is 471. The number of rotatable bonds is 4. The molecule has 1 atom stereocenters. The third kappa shape index (κ3) is 2.79. The summed E-state index contributed by atoms with van der Waals surface area (Å²) in [7, 11) is 0. The van der Waals surface area contributed by atoms with E-state index < -0.39 is 0 Å². The fourth-order valence-electron chi connectivity index (χ4n) is 3.55. The van der Waals surface area contributed by atoms with Gasteiger partial charge in [0.05, 0.1) is 11.2 Å². The van der Waals surface area contributed by atoms with Gasteiger partial charge in [-0.05, 0) is 56.2 Å². The van der Waals surface area contributed by atoms with Crippen molar-refractivity contribution in [2.75, 3.05) is 18.1 Å². The van der Waals surface area contributed by atoms with Crippen LogP contribution in [0.2, 0.25) is 0 Å². The summed E-state index contributed by atoms with van der Waals surface area (Å²) >= 11 is 4.11. The molecule has 0 radical (unpaired) electrons. The van der Waals surface area contributed by atoms with Crippen molar-refractivity contribution in [2.45, 2.75) is 64.8 Å². The van der Waals surface area contributed by atoms with Gasteiger partial charge in [0, 0.05) is 10.6 Å². The number of thiazole rings is 1. The molecule has 118 valence electrons. The highest BCUT2D eigenvalue weighted by Crippen LogP contribution is 2.50. The van der Waals surface area contributed by atoms with Gasteiger partial charge in [-0.1, -0.05) is 20.8 Å². The van der Waals surface area contributed by atoms with Crippen molar-refractivity contribution in [1.82, 2.24) is 10.3 Å². The zero-order valence-corrected chi connectivity index (χ0v) is 15.3. The predicted molar refractivity (Wildman–Crippen MR) is 94.5 cm³/mol. The average molecular weight is 325 g/mol. The lowest BCUT2D eigenvalue weighted by molar-refractivity contribution is 0.129. The number of thioether (sulfide) groups is 1. The van der Waals surface area contributed by atoms with Gasteiger partial charge < -0.3 is 5.32 Å². The Morgan fingerprint density at radius 2 is 2.05 bits per heavy atom. The molecule has 2 nitrogen and oxygen atoms in total. The zero-order chi connectivity index (χ0) is 14.9. The summed E-state index contributed by atoms with van der Waals surface area (Å²) in [5.74, 6) is 2.46. The smallest absolute Gasteiger partial charge is 0.115 e. The van der Waals surface area contributed by atoms with Crippen molar-refractivity contribution in [1.29, 1.82) is 0 Å². The number of aryl methyl sites for hydroxylation is 2. The van der Waals surface area contributed by atoms with Gasteiger partial charge in [0.15, 0.2) is 0 Å². The van der Waals surface area contributed by atoms with Crippen LogP contribution in [-0.2, 0) is 18.4 Å². The third-order valence-corrected chi connectivity index (χ3v) is 7.68. The second kappa shape index (κ2) is 6.21. The largest absolute Gasteiger partial charge is 0.304 e. The van der Waals surface area contributed by atoms with E-state index in [1.165, 1.54) is 60.7 Å². The molecule has 3 rings (SSSR count). The second-order valence-electron chi connectivity index (χ2n) is 7.11. The minimum absolute atomic E-state index is 0.0773. The molecular formula is C17H28N2S2. The molecule has 0 amide bonds. The van der Waals surface area contributed by atoms with Gasteiger partial charge in [0.2, 0.25) is 0 Å². The molecular weight excluding hydrogens is 296 g/mol. The van der Waals surface area contributed by atoms with Gasteiger partial charge in [0.1, 0.15) is 5.01 Å². The number of aromatic nitrogens is 1. The fraction of sp³-hybridized carbons (Fsp3) is 0.824. The summed E-state index contributed by atoms with van der Waals surface area (Å²) < 4.78 is 0. The van der Waals surface area contributed by atoms with E-state index >= 15 is 0 Å². The van der Waals surface area contributed by atoms with Gasteiger partial charge in [-0.15, -0.1) is 11.3 Å². The lowest BCUT2D eigenvalue weighted by atomic mass is 9.71. The molecule has 1 fully saturated rings. The molecule has 1 saturated heterocycles. The van der Waals surface area contributed by atoms with E-state index in [-0.39, 0.29) is 11.0 Å². The molecule has 0 saturated carbocycles. The molecule has 1 aliphatic carbocycles. The molecule has 0 bridgehead atoms. The summed E-state index contributed by atoms with van der Waals surface area (Å²) in [4.78, 5) is 6.71. The van der Waals surface area contributed by atoms with E-state index in [1.54, 1.807) is 4.88 Å². The lowest BCUT2D eigenvalue weighted by Crippen LogP contribution is -2.57. The van der Waals surface area contributed by atoms with Crippen LogP contribution < -0.4 is 5.32 Å². The third-order valence-electron chi connectivity index (χ3n) is 5.23. The first-order valence-corrected chi connectivity index (χ1v) is 10.4. The summed E-state index contributed by atoms with van der Waals surface area (Å²) in [6, 6.07) is 0. The van der Waals surface area contributed by atoms with E-state index in [0.717, 1.165) is 6.54 Å². The van der Waals surface area contributed by atoms with E-state index in [9.17, 15) is 0 Å². The first-order chi connectivity index (χ1) is 10.1. The molecule has 1 aromatic heterocycles. The van der Waals surface area contributed by atoms with Gasteiger partial charge in [-0.25, -0.2) is 4.98 Å². The number of fused-ring (bicyclic) bond motifs is 1. The van der Waals surface area contributed by atoms with Crippen LogP contribution in [0, 0.1) is 5.41 Å². The molecule has 2 heterocycles. The summed E-state index contributed by atoms with van der Waals surface area (Å²) in [6.45, 7) is 8.23. The predicted octanol–water partition coefficient (Wildman–Crippen LogP) is 4.38. The Balaban J connectivity index is 2.00. The standard InChI is InChI=1S/C17H28N2S2/c1-4-10-18-17(12-20-11-9-16(17,2)3)15-19-13-7-5-6-8-14(13)21-15/h18H,4-12H2,1-3H3. The van der Waals surface area contributed by atoms with Crippen LogP contribution in [0.4, 0.5) is 0 Å². The monoisotopic (exact) mass is 324 g/mol. The molecule has 1 aromatic rings. The van der Waals surface area contributed by atoms with Crippen LogP contribution in [0.15, 0.2) is 0 Å². The Hall–Kier alpha value is -0.0600. The topological polar surface area (TPSA) is 24.9 Å². The molecule has 0 aromatic carbocycles. The van der Waals surface area contributed by atoms with Gasteiger partial charge in [-0.3, -0.25) is 0 Å². The normalized spacial score (nSPS) is 28.3. The lowest BCUT2D eigenvalue weighted by Gasteiger charge is -2.49. The second-order valence-corrected chi connectivity index (χ2v) is 9.30. The highest BCUT2D eigenvalue weighted by atomic mass is 32.2. The summed E-state index contributed by atoms with van der Waals surface area (Å²) in [6.07, 6.45) is 7.59. The van der Waals surface area contributed by atoms with Crippen LogP contribution in [0.1, 0.15) is 62.0 Å². The number of nitrogens with zero attached hydrogens (tertiary/aromatic N) is 1. The maximum absolute atomic E-state index is 5.14. The summed E-state index contributed by atoms with van der Waals surface area (Å²) in [5.41, 5.74) is 1.77. The molecule has 1 aliphatic heterocycles. The highest BCUT2D eigenvalue weighted by Gasteiger charge is 2.50. The first-order valence-electron chi connectivity index (χ1n) is 8.41. The maximum atomic E-state index is 5.14. The number of hydrogen-bond donors (Lipinski definition) is 1. The Kier molecular flexibility index (Phi) is 4.68. The Morgan fingerprint density at radius 1 is 1.24 bits per heavy atom. The molecule has 1 unspecified atom stereocenters. The molecule has 2 aliphatic rings. The van der Waals surface area contributed by atoms with Crippen molar-refractivity contribution >= 4 is 23.1 Å². The van der Waals surface area contributed by atoms with Crippen LogP contribution in [0.25, 0.3) is 0 Å². The van der Waals surface area contributed by atoms with Crippen molar-refractivity contribution in [3.05, 3.63) is 15.6 Å². The number of hydrogen-bond acceptors (Lipinski definition) is 4. The fourth-order valence-corrected chi connectivity index (χ4v) is 6.87. The van der Waals surface area contributed by atoms with Crippen molar-refractivity contribution < 1.29 is 0 Å². The van der Waals surface area contributed by atoms with Crippen molar-refractivity contribution in [2.24, 2.45) is 5.41 Å². The Morgan fingerprint density at radius 3 is 2.76 bits per heavy atom. The van der Waals surface area contributed by atoms with Crippen LogP contribution in [0.3, 0.4) is 0 Å². The van der Waals surface area contributed by atoms with Gasteiger partial charge in [-0.2, -0.15) is 11.8 Å². The van der Waals surface area contributed by atoms with E-state index in [0.29, 0.717) is 0 Å². The minimum atomic E-state index is 0.0773. The van der Waals surface area contributed by atoms with Crippen LogP contribution in [0.5, 0.6) is 0 Å². The average Bonchev–Trinajstić information content (AvgIpc) is 2.90. The van der Waals surface area contributed by atoms with Crippen LogP contribution in [-0.4, -0.2) is 23.0 Å². The first kappa shape index (κ1) is 15.8. The maximum Gasteiger partial charge on any atom is 0.115 e.